The van der Waals surface area contributed by atoms with Crippen molar-refractivity contribution in [2.45, 2.75) is 45.7 Å². The third-order valence-corrected chi connectivity index (χ3v) is 5.76. The molecule has 1 N–H and O–H groups in total. The molecule has 0 aliphatic carbocycles. The first-order valence-electron chi connectivity index (χ1n) is 9.31. The summed E-state index contributed by atoms with van der Waals surface area (Å²) in [4.78, 5) is 12.3. The Labute approximate surface area is 169 Å². The highest BCUT2D eigenvalue weighted by Gasteiger charge is 2.15. The van der Waals surface area contributed by atoms with Crippen LogP contribution in [0.3, 0.4) is 0 Å². The van der Waals surface area contributed by atoms with Crippen LogP contribution in [0.25, 0.3) is 11.4 Å². The van der Waals surface area contributed by atoms with Gasteiger partial charge in [-0.25, -0.2) is 0 Å². The minimum Gasteiger partial charge on any atom is -0.469 e. The number of nitrogens with zero attached hydrogens (tertiary/aromatic N) is 3. The Bertz CT molecular complexity index is 967. The normalized spacial score (nSPS) is 11.0. The number of hydrogen-bond donors (Lipinski definition) is 1. The van der Waals surface area contributed by atoms with Crippen molar-refractivity contribution < 1.29 is 9.21 Å². The third kappa shape index (κ3) is 4.47. The molecular formula is C21H26N4O2S. The molecule has 0 atom stereocenters. The zero-order chi connectivity index (χ0) is 20.3. The fraction of sp³-hybridized carbons (Fsp3) is 0.381. The van der Waals surface area contributed by atoms with Crippen molar-refractivity contribution in [2.75, 3.05) is 11.1 Å². The third-order valence-electron chi connectivity index (χ3n) is 4.66. The number of thioether (sulfide) groups is 1. The number of furan rings is 1. The predicted octanol–water partition coefficient (Wildman–Crippen LogP) is 4.82. The Morgan fingerprint density at radius 3 is 2.54 bits per heavy atom. The van der Waals surface area contributed by atoms with E-state index in [2.05, 4.69) is 34.6 Å². The number of aryl methyl sites for hydroxylation is 4. The summed E-state index contributed by atoms with van der Waals surface area (Å²) < 4.78 is 7.31. The van der Waals surface area contributed by atoms with E-state index in [1.54, 1.807) is 18.0 Å². The molecule has 1 amide bonds. The topological polar surface area (TPSA) is 73.0 Å². The molecule has 0 fully saturated rings. The molecule has 0 saturated carbocycles. The number of hydrogen-bond acceptors (Lipinski definition) is 5. The largest absolute Gasteiger partial charge is 0.469 e. The van der Waals surface area contributed by atoms with Gasteiger partial charge in [-0.05, 0) is 51.3 Å². The lowest BCUT2D eigenvalue weighted by Crippen LogP contribution is -2.13. The van der Waals surface area contributed by atoms with E-state index in [0.717, 1.165) is 51.3 Å². The van der Waals surface area contributed by atoms with E-state index in [9.17, 15) is 4.79 Å². The van der Waals surface area contributed by atoms with Crippen LogP contribution in [0.5, 0.6) is 0 Å². The van der Waals surface area contributed by atoms with Crippen molar-refractivity contribution >= 4 is 23.4 Å². The minimum atomic E-state index is 0.0447. The maximum absolute atomic E-state index is 12.3. The zero-order valence-corrected chi connectivity index (χ0v) is 17.8. The molecule has 0 radical (unpaired) electrons. The standard InChI is InChI=1S/C21H26N4O2S/c1-13-11-14(2)19(15(3)12-13)22-18(26)7-6-10-28-21-24-23-20(25(21)5)17-8-9-27-16(17)4/h8-9,11-12H,6-7,10H2,1-5H3,(H,22,26). The Balaban J connectivity index is 1.51. The van der Waals surface area contributed by atoms with Crippen molar-refractivity contribution in [3.05, 3.63) is 46.9 Å². The molecule has 2 heterocycles. The Hall–Kier alpha value is -2.54. The first kappa shape index (κ1) is 20.2. The van der Waals surface area contributed by atoms with E-state index in [4.69, 9.17) is 4.42 Å². The first-order valence-corrected chi connectivity index (χ1v) is 10.3. The van der Waals surface area contributed by atoms with Crippen molar-refractivity contribution in [2.24, 2.45) is 7.05 Å². The van der Waals surface area contributed by atoms with E-state index in [-0.39, 0.29) is 5.91 Å². The maximum atomic E-state index is 12.3. The van der Waals surface area contributed by atoms with Gasteiger partial charge in [-0.15, -0.1) is 10.2 Å². The highest BCUT2D eigenvalue weighted by atomic mass is 32.2. The SMILES string of the molecule is Cc1cc(C)c(NC(=O)CCCSc2nnc(-c3ccoc3C)n2C)c(C)c1. The van der Waals surface area contributed by atoms with Crippen LogP contribution in [0.2, 0.25) is 0 Å². The molecule has 0 saturated heterocycles. The summed E-state index contributed by atoms with van der Waals surface area (Å²) in [6.45, 7) is 8.03. The van der Waals surface area contributed by atoms with Gasteiger partial charge in [-0.1, -0.05) is 29.5 Å². The number of rotatable bonds is 7. The van der Waals surface area contributed by atoms with Gasteiger partial charge in [0.05, 0.1) is 11.8 Å². The van der Waals surface area contributed by atoms with Crippen LogP contribution in [0.4, 0.5) is 5.69 Å². The van der Waals surface area contributed by atoms with Crippen LogP contribution in [-0.4, -0.2) is 26.4 Å². The molecule has 7 heteroatoms. The molecule has 1 aromatic carbocycles. The summed E-state index contributed by atoms with van der Waals surface area (Å²) >= 11 is 1.61. The van der Waals surface area contributed by atoms with Gasteiger partial charge >= 0.3 is 0 Å². The van der Waals surface area contributed by atoms with E-state index in [1.807, 2.05) is 38.5 Å². The van der Waals surface area contributed by atoms with Gasteiger partial charge in [0, 0.05) is 24.9 Å². The van der Waals surface area contributed by atoms with Gasteiger partial charge in [0.2, 0.25) is 5.91 Å². The summed E-state index contributed by atoms with van der Waals surface area (Å²) in [7, 11) is 1.94. The van der Waals surface area contributed by atoms with Crippen molar-refractivity contribution in [3.63, 3.8) is 0 Å². The van der Waals surface area contributed by atoms with Gasteiger partial charge in [0.25, 0.3) is 0 Å². The molecule has 28 heavy (non-hydrogen) atoms. The second-order valence-electron chi connectivity index (χ2n) is 7.03. The van der Waals surface area contributed by atoms with E-state index < -0.39 is 0 Å². The van der Waals surface area contributed by atoms with Crippen LogP contribution in [0, 0.1) is 27.7 Å². The molecule has 148 valence electrons. The molecule has 2 aromatic heterocycles. The quantitative estimate of drug-likeness (QED) is 0.456. The fourth-order valence-electron chi connectivity index (χ4n) is 3.27. The van der Waals surface area contributed by atoms with Crippen LogP contribution in [0.1, 0.15) is 35.3 Å². The smallest absolute Gasteiger partial charge is 0.224 e. The summed E-state index contributed by atoms with van der Waals surface area (Å²) in [5.74, 6) is 2.46. The summed E-state index contributed by atoms with van der Waals surface area (Å²) in [5.41, 5.74) is 5.28. The lowest BCUT2D eigenvalue weighted by Gasteiger charge is -2.12. The minimum absolute atomic E-state index is 0.0447. The molecule has 0 aliphatic heterocycles. The van der Waals surface area contributed by atoms with E-state index in [0.29, 0.717) is 6.42 Å². The monoisotopic (exact) mass is 398 g/mol. The van der Waals surface area contributed by atoms with Crippen molar-refractivity contribution in [1.29, 1.82) is 0 Å². The van der Waals surface area contributed by atoms with E-state index in [1.165, 1.54) is 5.56 Å². The summed E-state index contributed by atoms with van der Waals surface area (Å²) in [6.07, 6.45) is 2.90. The van der Waals surface area contributed by atoms with Gasteiger partial charge in [0.15, 0.2) is 11.0 Å². The summed E-state index contributed by atoms with van der Waals surface area (Å²) in [6, 6.07) is 6.07. The molecule has 3 aromatic rings. The highest BCUT2D eigenvalue weighted by molar-refractivity contribution is 7.99. The second kappa shape index (κ2) is 8.65. The fourth-order valence-corrected chi connectivity index (χ4v) is 4.12. The van der Waals surface area contributed by atoms with Gasteiger partial charge < -0.3 is 14.3 Å². The van der Waals surface area contributed by atoms with Gasteiger partial charge in [-0.2, -0.15) is 0 Å². The van der Waals surface area contributed by atoms with Crippen molar-refractivity contribution in [1.82, 2.24) is 14.8 Å². The molecule has 0 bridgehead atoms. The lowest BCUT2D eigenvalue weighted by atomic mass is 10.0. The van der Waals surface area contributed by atoms with Gasteiger partial charge in [0.1, 0.15) is 5.76 Å². The Morgan fingerprint density at radius 2 is 1.89 bits per heavy atom. The average Bonchev–Trinajstić information content (AvgIpc) is 3.20. The number of anilines is 1. The lowest BCUT2D eigenvalue weighted by molar-refractivity contribution is -0.116. The summed E-state index contributed by atoms with van der Waals surface area (Å²) in [5, 5.41) is 12.4. The van der Waals surface area contributed by atoms with Crippen molar-refractivity contribution in [3.8, 4) is 11.4 Å². The Morgan fingerprint density at radius 1 is 1.18 bits per heavy atom. The molecule has 0 unspecified atom stereocenters. The molecular weight excluding hydrogens is 372 g/mol. The maximum Gasteiger partial charge on any atom is 0.224 e. The molecule has 0 spiro atoms. The molecule has 3 rings (SSSR count). The zero-order valence-electron chi connectivity index (χ0n) is 17.0. The average molecular weight is 399 g/mol. The number of nitrogens with one attached hydrogen (secondary N) is 1. The van der Waals surface area contributed by atoms with Crippen LogP contribution >= 0.6 is 11.8 Å². The second-order valence-corrected chi connectivity index (χ2v) is 8.09. The number of carbonyl (C=O) groups is 1. The van der Waals surface area contributed by atoms with Gasteiger partial charge in [-0.3, -0.25) is 4.79 Å². The predicted molar refractivity (Wildman–Crippen MR) is 113 cm³/mol. The van der Waals surface area contributed by atoms with Crippen LogP contribution < -0.4 is 5.32 Å². The van der Waals surface area contributed by atoms with Crippen LogP contribution in [0.15, 0.2) is 34.0 Å². The first-order chi connectivity index (χ1) is 13.4. The van der Waals surface area contributed by atoms with Crippen LogP contribution in [-0.2, 0) is 11.8 Å². The number of amides is 1. The molecule has 6 nitrogen and oxygen atoms in total. The number of carbonyl (C=O) groups excluding carboxylic acids is 1. The van der Waals surface area contributed by atoms with E-state index >= 15 is 0 Å². The molecule has 0 aliphatic rings. The number of aromatic nitrogens is 3. The number of benzene rings is 1. The highest BCUT2D eigenvalue weighted by Crippen LogP contribution is 2.26. The Kier molecular flexibility index (Phi) is 6.24.